The van der Waals surface area contributed by atoms with Crippen molar-refractivity contribution in [1.29, 1.82) is 0 Å². The summed E-state index contributed by atoms with van der Waals surface area (Å²) in [7, 11) is 1.78. The Morgan fingerprint density at radius 3 is 2.75 bits per heavy atom. The number of nitrogens with zero attached hydrogens (tertiary/aromatic N) is 1. The number of hydrogen-bond acceptors (Lipinski definition) is 3. The minimum Gasteiger partial charge on any atom is -0.389 e. The molecular weight excluding hydrogens is 356 g/mol. The van der Waals surface area contributed by atoms with E-state index in [1.165, 1.54) is 11.3 Å². The number of rotatable bonds is 4. The Labute approximate surface area is 135 Å². The molecule has 2 rings (SSSR count). The summed E-state index contributed by atoms with van der Waals surface area (Å²) in [5.41, 5.74) is 7.43. The van der Waals surface area contributed by atoms with Gasteiger partial charge in [-0.25, -0.2) is 0 Å². The maximum atomic E-state index is 12.2. The number of nitrogens with two attached hydrogens (primary N) is 1. The summed E-state index contributed by atoms with van der Waals surface area (Å²) in [5.74, 6) is 0.00132. The van der Waals surface area contributed by atoms with Crippen LogP contribution in [0, 0.1) is 0 Å². The molecule has 6 heteroatoms. The Bertz CT molecular complexity index is 654. The Hall–Kier alpha value is -1.24. The fourth-order valence-electron chi connectivity index (χ4n) is 1.79. The molecule has 0 atom stereocenters. The van der Waals surface area contributed by atoms with Crippen molar-refractivity contribution in [2.45, 2.75) is 6.54 Å². The van der Waals surface area contributed by atoms with Gasteiger partial charge in [0.05, 0.1) is 8.66 Å². The van der Waals surface area contributed by atoms with Crippen molar-refractivity contribution >= 4 is 50.4 Å². The predicted octanol–water partition coefficient (Wildman–Crippen LogP) is 3.42. The van der Waals surface area contributed by atoms with Crippen LogP contribution in [0.5, 0.6) is 0 Å². The third-order valence-electron chi connectivity index (χ3n) is 2.76. The molecular formula is C14H13BrN2OS2. The Morgan fingerprint density at radius 1 is 1.40 bits per heavy atom. The number of hydrogen-bond donors (Lipinski definition) is 1. The first kappa shape index (κ1) is 15.2. The standard InChI is InChI=1S/C14H13BrN2OS2/c1-17(14(18)11-5-6-12(15)20-11)8-9-3-2-4-10(7-9)13(16)19/h2-7H,8H2,1H3,(H2,16,19). The molecule has 0 radical (unpaired) electrons. The molecule has 0 fully saturated rings. The average molecular weight is 369 g/mol. The monoisotopic (exact) mass is 368 g/mol. The van der Waals surface area contributed by atoms with Crippen LogP contribution in [0.25, 0.3) is 0 Å². The van der Waals surface area contributed by atoms with Gasteiger partial charge in [-0.1, -0.05) is 30.4 Å². The Balaban J connectivity index is 2.11. The summed E-state index contributed by atoms with van der Waals surface area (Å²) in [6.07, 6.45) is 0. The highest BCUT2D eigenvalue weighted by Crippen LogP contribution is 2.23. The first-order valence-electron chi connectivity index (χ1n) is 5.87. The van der Waals surface area contributed by atoms with Gasteiger partial charge in [0, 0.05) is 19.2 Å². The third kappa shape index (κ3) is 3.65. The summed E-state index contributed by atoms with van der Waals surface area (Å²) < 4.78 is 0.949. The molecule has 3 nitrogen and oxygen atoms in total. The van der Waals surface area contributed by atoms with Gasteiger partial charge in [-0.15, -0.1) is 11.3 Å². The molecule has 1 aromatic heterocycles. The number of thiocarbonyl (C=S) groups is 1. The second-order valence-electron chi connectivity index (χ2n) is 4.33. The van der Waals surface area contributed by atoms with Crippen molar-refractivity contribution in [1.82, 2.24) is 4.90 Å². The van der Waals surface area contributed by atoms with Crippen molar-refractivity contribution in [3.05, 3.63) is 56.2 Å². The minimum absolute atomic E-state index is 0.00132. The molecule has 0 unspecified atom stereocenters. The van der Waals surface area contributed by atoms with Gasteiger partial charge in [-0.3, -0.25) is 4.79 Å². The van der Waals surface area contributed by atoms with Crippen LogP contribution in [-0.2, 0) is 6.54 Å². The lowest BCUT2D eigenvalue weighted by Crippen LogP contribution is -2.25. The summed E-state index contributed by atoms with van der Waals surface area (Å²) >= 11 is 9.75. The second-order valence-corrected chi connectivity index (χ2v) is 7.23. The van der Waals surface area contributed by atoms with E-state index in [9.17, 15) is 4.79 Å². The molecule has 1 amide bonds. The summed E-state index contributed by atoms with van der Waals surface area (Å²) in [6, 6.07) is 11.3. The Kier molecular flexibility index (Phi) is 4.91. The van der Waals surface area contributed by atoms with Crippen molar-refractivity contribution in [3.8, 4) is 0 Å². The third-order valence-corrected chi connectivity index (χ3v) is 4.61. The number of carbonyl (C=O) groups is 1. The Morgan fingerprint density at radius 2 is 2.15 bits per heavy atom. The van der Waals surface area contributed by atoms with E-state index in [0.717, 1.165) is 14.9 Å². The molecule has 0 aliphatic rings. The lowest BCUT2D eigenvalue weighted by atomic mass is 10.1. The summed E-state index contributed by atoms with van der Waals surface area (Å²) in [4.78, 5) is 15.0. The van der Waals surface area contributed by atoms with E-state index in [1.54, 1.807) is 11.9 Å². The molecule has 0 bridgehead atoms. The van der Waals surface area contributed by atoms with Crippen LogP contribution >= 0.6 is 39.5 Å². The van der Waals surface area contributed by atoms with Gasteiger partial charge in [0.25, 0.3) is 5.91 Å². The normalized spacial score (nSPS) is 10.3. The van der Waals surface area contributed by atoms with Crippen molar-refractivity contribution < 1.29 is 4.79 Å². The topological polar surface area (TPSA) is 46.3 Å². The first-order chi connectivity index (χ1) is 9.47. The zero-order valence-corrected chi connectivity index (χ0v) is 14.0. The zero-order valence-electron chi connectivity index (χ0n) is 10.8. The smallest absolute Gasteiger partial charge is 0.264 e. The molecule has 20 heavy (non-hydrogen) atoms. The number of benzene rings is 1. The highest BCUT2D eigenvalue weighted by Gasteiger charge is 2.14. The van der Waals surface area contributed by atoms with Gasteiger partial charge in [0.2, 0.25) is 0 Å². The SMILES string of the molecule is CN(Cc1cccc(C(N)=S)c1)C(=O)c1ccc(Br)s1. The summed E-state index contributed by atoms with van der Waals surface area (Å²) in [5, 5.41) is 0. The number of halogens is 1. The largest absolute Gasteiger partial charge is 0.389 e. The molecule has 0 saturated heterocycles. The van der Waals surface area contributed by atoms with Crippen LogP contribution in [0.4, 0.5) is 0 Å². The molecule has 2 N–H and O–H groups in total. The molecule has 2 aromatic rings. The van der Waals surface area contributed by atoms with Gasteiger partial charge >= 0.3 is 0 Å². The fraction of sp³-hybridized carbons (Fsp3) is 0.143. The van der Waals surface area contributed by atoms with Crippen LogP contribution in [0.15, 0.2) is 40.2 Å². The van der Waals surface area contributed by atoms with Crippen LogP contribution in [0.1, 0.15) is 20.8 Å². The van der Waals surface area contributed by atoms with Crippen LogP contribution in [0.3, 0.4) is 0 Å². The van der Waals surface area contributed by atoms with Gasteiger partial charge < -0.3 is 10.6 Å². The maximum absolute atomic E-state index is 12.2. The minimum atomic E-state index is 0.00132. The summed E-state index contributed by atoms with van der Waals surface area (Å²) in [6.45, 7) is 0.519. The lowest BCUT2D eigenvalue weighted by molar-refractivity contribution is 0.0790. The number of thiophene rings is 1. The highest BCUT2D eigenvalue weighted by atomic mass is 79.9. The van der Waals surface area contributed by atoms with E-state index in [0.29, 0.717) is 16.4 Å². The number of carbonyl (C=O) groups excluding carboxylic acids is 1. The molecule has 1 heterocycles. The zero-order chi connectivity index (χ0) is 14.7. The molecule has 0 aliphatic heterocycles. The average Bonchev–Trinajstić information content (AvgIpc) is 2.84. The predicted molar refractivity (Wildman–Crippen MR) is 90.1 cm³/mol. The van der Waals surface area contributed by atoms with E-state index in [1.807, 2.05) is 36.4 Å². The molecule has 0 aliphatic carbocycles. The van der Waals surface area contributed by atoms with Crippen LogP contribution < -0.4 is 5.73 Å². The van der Waals surface area contributed by atoms with Crippen molar-refractivity contribution in [3.63, 3.8) is 0 Å². The quantitative estimate of drug-likeness (QED) is 0.841. The van der Waals surface area contributed by atoms with E-state index < -0.39 is 0 Å². The van der Waals surface area contributed by atoms with E-state index in [4.69, 9.17) is 18.0 Å². The van der Waals surface area contributed by atoms with Gasteiger partial charge in [0.15, 0.2) is 0 Å². The lowest BCUT2D eigenvalue weighted by Gasteiger charge is -2.16. The molecule has 0 spiro atoms. The highest BCUT2D eigenvalue weighted by molar-refractivity contribution is 9.11. The molecule has 1 aromatic carbocycles. The van der Waals surface area contributed by atoms with Crippen molar-refractivity contribution in [2.75, 3.05) is 7.05 Å². The number of amides is 1. The second kappa shape index (κ2) is 6.47. The van der Waals surface area contributed by atoms with Gasteiger partial charge in [0.1, 0.15) is 4.99 Å². The van der Waals surface area contributed by atoms with E-state index in [2.05, 4.69) is 15.9 Å². The van der Waals surface area contributed by atoms with E-state index in [-0.39, 0.29) is 5.91 Å². The van der Waals surface area contributed by atoms with Gasteiger partial charge in [-0.2, -0.15) is 0 Å². The van der Waals surface area contributed by atoms with Gasteiger partial charge in [-0.05, 0) is 39.7 Å². The van der Waals surface area contributed by atoms with Crippen molar-refractivity contribution in [2.24, 2.45) is 5.73 Å². The van der Waals surface area contributed by atoms with Crippen LogP contribution in [-0.4, -0.2) is 22.8 Å². The van der Waals surface area contributed by atoms with Crippen LogP contribution in [0.2, 0.25) is 0 Å². The maximum Gasteiger partial charge on any atom is 0.264 e. The fourth-order valence-corrected chi connectivity index (χ4v) is 3.29. The molecule has 0 saturated carbocycles. The molecule has 104 valence electrons. The van der Waals surface area contributed by atoms with E-state index >= 15 is 0 Å². The first-order valence-corrected chi connectivity index (χ1v) is 7.88.